The molecular formula is C14H17F3N4S. The Hall–Kier alpha value is -1.41. The highest BCUT2D eigenvalue weighted by Gasteiger charge is 2.31. The molecule has 0 amide bonds. The fourth-order valence-electron chi connectivity index (χ4n) is 2.81. The molecule has 0 saturated carbocycles. The lowest BCUT2D eigenvalue weighted by atomic mass is 10.3. The Morgan fingerprint density at radius 1 is 1.18 bits per heavy atom. The van der Waals surface area contributed by atoms with Gasteiger partial charge in [0.25, 0.3) is 0 Å². The second kappa shape index (κ2) is 6.00. The summed E-state index contributed by atoms with van der Waals surface area (Å²) < 4.78 is 37.6. The summed E-state index contributed by atoms with van der Waals surface area (Å²) in [5.41, 5.74) is 0. The highest BCUT2D eigenvalue weighted by atomic mass is 32.1. The van der Waals surface area contributed by atoms with Crippen LogP contribution in [-0.4, -0.2) is 53.8 Å². The zero-order chi connectivity index (χ0) is 15.7. The van der Waals surface area contributed by atoms with Gasteiger partial charge in [-0.05, 0) is 19.4 Å². The molecule has 2 aromatic rings. The molecule has 1 fully saturated rings. The molecule has 0 radical (unpaired) electrons. The van der Waals surface area contributed by atoms with Crippen molar-refractivity contribution in [3.63, 3.8) is 0 Å². The van der Waals surface area contributed by atoms with E-state index in [1.807, 2.05) is 13.0 Å². The van der Waals surface area contributed by atoms with Crippen molar-refractivity contribution in [2.75, 3.05) is 37.6 Å². The van der Waals surface area contributed by atoms with E-state index < -0.39 is 12.7 Å². The summed E-state index contributed by atoms with van der Waals surface area (Å²) in [4.78, 5) is 14.3. The molecule has 8 heteroatoms. The summed E-state index contributed by atoms with van der Waals surface area (Å²) in [5, 5.41) is 0.995. The Morgan fingerprint density at radius 2 is 2.00 bits per heavy atom. The van der Waals surface area contributed by atoms with E-state index in [2.05, 4.69) is 14.9 Å². The van der Waals surface area contributed by atoms with Crippen LogP contribution in [0.1, 0.15) is 11.3 Å². The molecule has 3 rings (SSSR count). The fourth-order valence-corrected chi connectivity index (χ4v) is 3.65. The molecular weight excluding hydrogens is 313 g/mol. The fraction of sp³-hybridized carbons (Fsp3) is 0.571. The van der Waals surface area contributed by atoms with Gasteiger partial charge in [-0.25, -0.2) is 9.97 Å². The topological polar surface area (TPSA) is 32.3 Å². The number of nitrogens with zero attached hydrogens (tertiary/aromatic N) is 4. The summed E-state index contributed by atoms with van der Waals surface area (Å²) >= 11 is 1.61. The second-order valence-corrected chi connectivity index (χ2v) is 6.74. The number of anilines is 1. The zero-order valence-corrected chi connectivity index (χ0v) is 13.0. The smallest absolute Gasteiger partial charge is 0.355 e. The average Bonchev–Trinajstić information content (AvgIpc) is 2.66. The number of rotatable bonds is 2. The predicted octanol–water partition coefficient (Wildman–Crippen LogP) is 3.07. The van der Waals surface area contributed by atoms with Crippen LogP contribution in [-0.2, 0) is 0 Å². The van der Waals surface area contributed by atoms with Gasteiger partial charge in [0.15, 0.2) is 0 Å². The summed E-state index contributed by atoms with van der Waals surface area (Å²) in [6, 6.07) is 2.05. The molecule has 1 aliphatic rings. The van der Waals surface area contributed by atoms with E-state index in [0.29, 0.717) is 26.1 Å². The Labute approximate surface area is 130 Å². The minimum Gasteiger partial charge on any atom is -0.355 e. The number of fused-ring (bicyclic) bond motifs is 1. The third-order valence-corrected chi connectivity index (χ3v) is 4.68. The molecule has 0 N–H and O–H groups in total. The maximum Gasteiger partial charge on any atom is 0.401 e. The van der Waals surface area contributed by atoms with Gasteiger partial charge in [0.1, 0.15) is 17.0 Å². The van der Waals surface area contributed by atoms with Gasteiger partial charge >= 0.3 is 6.18 Å². The molecule has 22 heavy (non-hydrogen) atoms. The normalized spacial score (nSPS) is 17.9. The summed E-state index contributed by atoms with van der Waals surface area (Å²) in [5.74, 6) is 0.836. The molecule has 0 unspecified atom stereocenters. The van der Waals surface area contributed by atoms with E-state index in [4.69, 9.17) is 0 Å². The Kier molecular flexibility index (Phi) is 4.22. The third kappa shape index (κ3) is 3.49. The number of thiophene rings is 1. The SMILES string of the molecule is Cc1cc2c(N3CCCN(CC(F)(F)F)CC3)ncnc2s1. The summed E-state index contributed by atoms with van der Waals surface area (Å²) in [6.07, 6.45) is -1.90. The van der Waals surface area contributed by atoms with Crippen LogP contribution in [0.15, 0.2) is 12.4 Å². The van der Waals surface area contributed by atoms with Crippen molar-refractivity contribution in [3.8, 4) is 0 Å². The number of hydrogen-bond acceptors (Lipinski definition) is 5. The standard InChI is InChI=1S/C14H17F3N4S/c1-10-7-11-12(18-9-19-13(11)22-10)21-4-2-3-20(5-6-21)8-14(15,16)17/h7,9H,2-6,8H2,1H3. The zero-order valence-electron chi connectivity index (χ0n) is 12.2. The van der Waals surface area contributed by atoms with Crippen LogP contribution in [0.5, 0.6) is 0 Å². The van der Waals surface area contributed by atoms with Crippen molar-refractivity contribution >= 4 is 27.4 Å². The van der Waals surface area contributed by atoms with E-state index in [0.717, 1.165) is 27.5 Å². The Morgan fingerprint density at radius 3 is 2.77 bits per heavy atom. The number of aryl methyl sites for hydroxylation is 1. The molecule has 2 aromatic heterocycles. The van der Waals surface area contributed by atoms with Crippen LogP contribution in [0.25, 0.3) is 10.2 Å². The van der Waals surface area contributed by atoms with Gasteiger partial charge in [-0.3, -0.25) is 4.90 Å². The first-order valence-electron chi connectivity index (χ1n) is 7.17. The van der Waals surface area contributed by atoms with Crippen molar-refractivity contribution in [2.24, 2.45) is 0 Å². The van der Waals surface area contributed by atoms with Crippen LogP contribution in [0.4, 0.5) is 19.0 Å². The van der Waals surface area contributed by atoms with Crippen molar-refractivity contribution in [3.05, 3.63) is 17.3 Å². The molecule has 0 aromatic carbocycles. The van der Waals surface area contributed by atoms with E-state index in [1.165, 1.54) is 11.2 Å². The number of halogens is 3. The van der Waals surface area contributed by atoms with Crippen LogP contribution < -0.4 is 4.90 Å². The van der Waals surface area contributed by atoms with Crippen molar-refractivity contribution in [1.29, 1.82) is 0 Å². The third-order valence-electron chi connectivity index (χ3n) is 3.72. The van der Waals surface area contributed by atoms with Crippen LogP contribution in [0.3, 0.4) is 0 Å². The largest absolute Gasteiger partial charge is 0.401 e. The highest BCUT2D eigenvalue weighted by molar-refractivity contribution is 7.18. The molecule has 0 atom stereocenters. The van der Waals surface area contributed by atoms with Gasteiger partial charge in [0.2, 0.25) is 0 Å². The minimum absolute atomic E-state index is 0.397. The number of hydrogen-bond donors (Lipinski definition) is 0. The number of aromatic nitrogens is 2. The highest BCUT2D eigenvalue weighted by Crippen LogP contribution is 2.30. The molecule has 1 saturated heterocycles. The van der Waals surface area contributed by atoms with Gasteiger partial charge in [0.05, 0.1) is 11.9 Å². The maximum atomic E-state index is 12.5. The minimum atomic E-state index is -4.14. The van der Waals surface area contributed by atoms with Crippen molar-refractivity contribution < 1.29 is 13.2 Å². The van der Waals surface area contributed by atoms with Gasteiger partial charge in [-0.1, -0.05) is 0 Å². The molecule has 3 heterocycles. The van der Waals surface area contributed by atoms with Crippen molar-refractivity contribution in [2.45, 2.75) is 19.5 Å². The van der Waals surface area contributed by atoms with Gasteiger partial charge in [0, 0.05) is 31.1 Å². The van der Waals surface area contributed by atoms with Crippen LogP contribution in [0.2, 0.25) is 0 Å². The summed E-state index contributed by atoms with van der Waals surface area (Å²) in [7, 11) is 0. The lowest BCUT2D eigenvalue weighted by molar-refractivity contribution is -0.145. The van der Waals surface area contributed by atoms with E-state index in [-0.39, 0.29) is 0 Å². The van der Waals surface area contributed by atoms with Gasteiger partial charge in [-0.2, -0.15) is 13.2 Å². The quantitative estimate of drug-likeness (QED) is 0.847. The predicted molar refractivity (Wildman–Crippen MR) is 81.5 cm³/mol. The first-order chi connectivity index (χ1) is 10.4. The molecule has 0 aliphatic carbocycles. The molecule has 1 aliphatic heterocycles. The van der Waals surface area contributed by atoms with Crippen LogP contribution >= 0.6 is 11.3 Å². The Balaban J connectivity index is 1.78. The average molecular weight is 330 g/mol. The van der Waals surface area contributed by atoms with E-state index >= 15 is 0 Å². The monoisotopic (exact) mass is 330 g/mol. The Bertz CT molecular complexity index is 655. The van der Waals surface area contributed by atoms with E-state index in [1.54, 1.807) is 11.3 Å². The number of alkyl halides is 3. The summed E-state index contributed by atoms with van der Waals surface area (Å²) in [6.45, 7) is 3.31. The lowest BCUT2D eigenvalue weighted by Crippen LogP contribution is -2.37. The lowest BCUT2D eigenvalue weighted by Gasteiger charge is -2.23. The second-order valence-electron chi connectivity index (χ2n) is 5.51. The van der Waals surface area contributed by atoms with Crippen molar-refractivity contribution in [1.82, 2.24) is 14.9 Å². The maximum absolute atomic E-state index is 12.5. The molecule has 4 nitrogen and oxygen atoms in total. The molecule has 120 valence electrons. The van der Waals surface area contributed by atoms with Crippen LogP contribution in [0, 0.1) is 6.92 Å². The first kappa shape index (κ1) is 15.5. The first-order valence-corrected chi connectivity index (χ1v) is 7.99. The van der Waals surface area contributed by atoms with E-state index in [9.17, 15) is 13.2 Å². The van der Waals surface area contributed by atoms with Gasteiger partial charge < -0.3 is 4.90 Å². The molecule has 0 bridgehead atoms. The van der Waals surface area contributed by atoms with Gasteiger partial charge in [-0.15, -0.1) is 11.3 Å². The molecule has 0 spiro atoms.